The van der Waals surface area contributed by atoms with Crippen molar-refractivity contribution in [1.82, 2.24) is 10.6 Å². The summed E-state index contributed by atoms with van der Waals surface area (Å²) in [5.41, 5.74) is 0.908. The first-order valence-corrected chi connectivity index (χ1v) is 9.34. The average Bonchev–Trinajstić information content (AvgIpc) is 2.74. The van der Waals surface area contributed by atoms with Crippen LogP contribution in [0.15, 0.2) is 30.3 Å². The third-order valence-corrected chi connectivity index (χ3v) is 3.98. The number of unbranched alkanes of at least 4 members (excludes halogenated alkanes) is 2. The van der Waals surface area contributed by atoms with E-state index in [0.717, 1.165) is 5.56 Å². The highest BCUT2D eigenvalue weighted by atomic mass is 16.5. The van der Waals surface area contributed by atoms with E-state index in [4.69, 9.17) is 4.74 Å². The zero-order valence-corrected chi connectivity index (χ0v) is 16.8. The van der Waals surface area contributed by atoms with Crippen molar-refractivity contribution < 1.29 is 33.4 Å². The zero-order chi connectivity index (χ0) is 21.5. The minimum atomic E-state index is -1.07. The topological polar surface area (TPSA) is 120 Å². The summed E-state index contributed by atoms with van der Waals surface area (Å²) >= 11 is 0. The first kappa shape index (κ1) is 23.9. The minimum Gasteiger partial charge on any atom is -0.469 e. The number of esters is 2. The lowest BCUT2D eigenvalue weighted by molar-refractivity contribution is -0.150. The molecule has 9 nitrogen and oxygen atoms in total. The Balaban J connectivity index is 2.14. The number of nitrogens with one attached hydrogen (secondary N) is 2. The second-order valence-corrected chi connectivity index (χ2v) is 6.22. The fraction of sp³-hybridized carbons (Fsp3) is 0.500. The van der Waals surface area contributed by atoms with Crippen LogP contribution in [-0.2, 0) is 35.2 Å². The predicted octanol–water partition coefficient (Wildman–Crippen LogP) is 1.69. The van der Waals surface area contributed by atoms with E-state index in [0.29, 0.717) is 25.8 Å². The van der Waals surface area contributed by atoms with E-state index >= 15 is 0 Å². The van der Waals surface area contributed by atoms with E-state index in [9.17, 15) is 19.2 Å². The Morgan fingerprint density at radius 1 is 0.966 bits per heavy atom. The summed E-state index contributed by atoms with van der Waals surface area (Å²) in [4.78, 5) is 46.5. The van der Waals surface area contributed by atoms with Crippen LogP contribution >= 0.6 is 0 Å². The van der Waals surface area contributed by atoms with E-state index < -0.39 is 24.1 Å². The first-order chi connectivity index (χ1) is 14.0. The molecule has 0 aliphatic rings. The van der Waals surface area contributed by atoms with Gasteiger partial charge in [-0.1, -0.05) is 36.8 Å². The normalized spacial score (nSPS) is 11.1. The van der Waals surface area contributed by atoms with Gasteiger partial charge >= 0.3 is 18.0 Å². The fourth-order valence-corrected chi connectivity index (χ4v) is 2.40. The van der Waals surface area contributed by atoms with Gasteiger partial charge in [0.25, 0.3) is 0 Å². The monoisotopic (exact) mass is 408 g/mol. The van der Waals surface area contributed by atoms with Crippen molar-refractivity contribution in [1.29, 1.82) is 0 Å². The highest BCUT2D eigenvalue weighted by Crippen LogP contribution is 2.03. The van der Waals surface area contributed by atoms with Crippen LogP contribution in [0.4, 0.5) is 4.79 Å². The molecule has 0 aliphatic carbocycles. The molecule has 0 radical (unpaired) electrons. The van der Waals surface area contributed by atoms with E-state index in [-0.39, 0.29) is 25.4 Å². The Kier molecular flexibility index (Phi) is 11.5. The number of hydrogen-bond donors (Lipinski definition) is 2. The molecule has 160 valence electrons. The van der Waals surface area contributed by atoms with Crippen LogP contribution in [0.3, 0.4) is 0 Å². The molecule has 0 aliphatic heterocycles. The Morgan fingerprint density at radius 2 is 1.69 bits per heavy atom. The maximum atomic E-state index is 11.9. The van der Waals surface area contributed by atoms with Crippen molar-refractivity contribution in [2.45, 2.75) is 44.8 Å². The smallest absolute Gasteiger partial charge is 0.407 e. The average molecular weight is 408 g/mol. The maximum absolute atomic E-state index is 11.9. The second-order valence-electron chi connectivity index (χ2n) is 6.22. The van der Waals surface area contributed by atoms with Gasteiger partial charge in [0.05, 0.1) is 20.6 Å². The number of hydrogen-bond acceptors (Lipinski definition) is 7. The van der Waals surface area contributed by atoms with Crippen molar-refractivity contribution in [3.05, 3.63) is 35.9 Å². The fourth-order valence-electron chi connectivity index (χ4n) is 2.40. The Morgan fingerprint density at radius 3 is 2.34 bits per heavy atom. The molecule has 9 heteroatoms. The van der Waals surface area contributed by atoms with Gasteiger partial charge in [0.2, 0.25) is 5.91 Å². The van der Waals surface area contributed by atoms with Crippen molar-refractivity contribution >= 4 is 23.9 Å². The number of methoxy groups -OCH3 is 2. The van der Waals surface area contributed by atoms with Crippen LogP contribution in [0.25, 0.3) is 0 Å². The molecule has 2 amide bonds. The summed E-state index contributed by atoms with van der Waals surface area (Å²) in [6.07, 6.45) is 1.36. The molecule has 0 heterocycles. The summed E-state index contributed by atoms with van der Waals surface area (Å²) in [5, 5.41) is 5.12. The molecule has 29 heavy (non-hydrogen) atoms. The Hall–Kier alpha value is -3.10. The molecule has 0 saturated heterocycles. The molecule has 0 unspecified atom stereocenters. The quantitative estimate of drug-likeness (QED) is 0.307. The number of amides is 2. The van der Waals surface area contributed by atoms with E-state index in [1.807, 2.05) is 30.3 Å². The van der Waals surface area contributed by atoms with Crippen LogP contribution < -0.4 is 10.6 Å². The molecule has 1 atom stereocenters. The molecule has 1 aromatic rings. The third kappa shape index (κ3) is 10.7. The Labute approximate surface area is 170 Å². The third-order valence-electron chi connectivity index (χ3n) is 3.98. The van der Waals surface area contributed by atoms with Crippen LogP contribution in [0.2, 0.25) is 0 Å². The van der Waals surface area contributed by atoms with Gasteiger partial charge in [0, 0.05) is 13.0 Å². The number of ether oxygens (including phenoxy) is 3. The van der Waals surface area contributed by atoms with Gasteiger partial charge in [-0.3, -0.25) is 9.59 Å². The van der Waals surface area contributed by atoms with E-state index in [2.05, 4.69) is 20.1 Å². The van der Waals surface area contributed by atoms with Crippen molar-refractivity contribution in [2.24, 2.45) is 0 Å². The highest BCUT2D eigenvalue weighted by Gasteiger charge is 2.24. The van der Waals surface area contributed by atoms with Gasteiger partial charge in [0.1, 0.15) is 12.6 Å². The Bertz CT molecular complexity index is 664. The van der Waals surface area contributed by atoms with Gasteiger partial charge in [-0.05, 0) is 18.4 Å². The second kappa shape index (κ2) is 14.0. The molecule has 0 aromatic heterocycles. The van der Waals surface area contributed by atoms with Crippen LogP contribution in [0.1, 0.15) is 37.7 Å². The highest BCUT2D eigenvalue weighted by molar-refractivity contribution is 5.87. The van der Waals surface area contributed by atoms with Gasteiger partial charge in [0.15, 0.2) is 0 Å². The number of carbonyl (C=O) groups is 4. The minimum absolute atomic E-state index is 0.188. The molecule has 0 spiro atoms. The molecular formula is C20H28N2O7. The molecule has 0 fully saturated rings. The van der Waals surface area contributed by atoms with Crippen LogP contribution in [0.5, 0.6) is 0 Å². The molecule has 0 saturated carbocycles. The predicted molar refractivity (Wildman–Crippen MR) is 104 cm³/mol. The van der Waals surface area contributed by atoms with Crippen molar-refractivity contribution in [2.75, 3.05) is 20.8 Å². The molecule has 1 rings (SSSR count). The summed E-state index contributed by atoms with van der Waals surface area (Å²) < 4.78 is 14.2. The van der Waals surface area contributed by atoms with Gasteiger partial charge in [-0.15, -0.1) is 0 Å². The number of rotatable bonds is 12. The summed E-state index contributed by atoms with van der Waals surface area (Å²) in [6.45, 7) is 0.641. The molecular weight excluding hydrogens is 380 g/mol. The number of carbonyl (C=O) groups excluding carboxylic acids is 4. The summed E-state index contributed by atoms with van der Waals surface area (Å²) in [7, 11) is 2.38. The largest absolute Gasteiger partial charge is 0.469 e. The summed E-state index contributed by atoms with van der Waals surface area (Å²) in [5.74, 6) is -1.69. The van der Waals surface area contributed by atoms with Gasteiger partial charge < -0.3 is 24.8 Å². The zero-order valence-electron chi connectivity index (χ0n) is 16.8. The van der Waals surface area contributed by atoms with Gasteiger partial charge in [-0.25, -0.2) is 9.59 Å². The number of alkyl carbamates (subject to hydrolysis) is 1. The molecule has 0 bridgehead atoms. The number of benzene rings is 1. The van der Waals surface area contributed by atoms with Crippen molar-refractivity contribution in [3.63, 3.8) is 0 Å². The molecule has 2 N–H and O–H groups in total. The maximum Gasteiger partial charge on any atom is 0.407 e. The summed E-state index contributed by atoms with van der Waals surface area (Å²) in [6, 6.07) is 8.30. The lowest BCUT2D eigenvalue weighted by Crippen LogP contribution is -2.43. The molecule has 1 aromatic carbocycles. The lowest BCUT2D eigenvalue weighted by Gasteiger charge is -2.15. The standard InChI is InChI=1S/C20H28N2O7/c1-27-18(24)13-16(19(25)28-2)22-17(23)11-7-4-8-12-21-20(26)29-14-15-9-5-3-6-10-15/h3,5-6,9-10,16H,4,7-8,11-14H2,1-2H3,(H,21,26)(H,22,23)/t16-/m1/s1. The van der Waals surface area contributed by atoms with Crippen molar-refractivity contribution in [3.8, 4) is 0 Å². The SMILES string of the molecule is COC(=O)C[C@@H](NC(=O)CCCCCNC(=O)OCc1ccccc1)C(=O)OC. The van der Waals surface area contributed by atoms with E-state index in [1.165, 1.54) is 14.2 Å². The first-order valence-electron chi connectivity index (χ1n) is 9.34. The van der Waals surface area contributed by atoms with Crippen LogP contribution in [-0.4, -0.2) is 50.7 Å². The van der Waals surface area contributed by atoms with E-state index in [1.54, 1.807) is 0 Å². The van der Waals surface area contributed by atoms with Crippen LogP contribution in [0, 0.1) is 0 Å². The lowest BCUT2D eigenvalue weighted by atomic mass is 10.1. The van der Waals surface area contributed by atoms with Gasteiger partial charge in [-0.2, -0.15) is 0 Å².